The van der Waals surface area contributed by atoms with Gasteiger partial charge in [0.1, 0.15) is 18.4 Å². The first-order chi connectivity index (χ1) is 10.1. The number of nitrogens with zero attached hydrogens (tertiary/aromatic N) is 1. The number of amides is 2. The number of carbonyl (C=O) groups excluding carboxylic acids is 2. The maximum absolute atomic E-state index is 12.1. The fourth-order valence-corrected chi connectivity index (χ4v) is 2.15. The van der Waals surface area contributed by atoms with Gasteiger partial charge in [-0.1, -0.05) is 17.7 Å². The average Bonchev–Trinajstić information content (AvgIpc) is 2.47. The summed E-state index contributed by atoms with van der Waals surface area (Å²) in [5.41, 5.74) is 0. The molecule has 0 bridgehead atoms. The van der Waals surface area contributed by atoms with Crippen LogP contribution in [-0.2, 0) is 9.59 Å². The molecule has 1 saturated heterocycles. The third-order valence-corrected chi connectivity index (χ3v) is 3.41. The van der Waals surface area contributed by atoms with Crippen molar-refractivity contribution in [1.82, 2.24) is 15.5 Å². The number of nitrogens with one attached hydrogen (secondary N) is 2. The third kappa shape index (κ3) is 4.61. The van der Waals surface area contributed by atoms with E-state index in [9.17, 15) is 9.59 Å². The molecule has 1 aliphatic heterocycles. The highest BCUT2D eigenvalue weighted by Gasteiger charge is 2.26. The van der Waals surface area contributed by atoms with Gasteiger partial charge in [-0.05, 0) is 18.2 Å². The Balaban J connectivity index is 1.75. The Morgan fingerprint density at radius 1 is 1.52 bits per heavy atom. The second kappa shape index (κ2) is 7.28. The predicted molar refractivity (Wildman–Crippen MR) is 79.4 cm³/mol. The summed E-state index contributed by atoms with van der Waals surface area (Å²) in [7, 11) is 1.71. The predicted octanol–water partition coefficient (Wildman–Crippen LogP) is 0.265. The number of carbonyl (C=O) groups is 2. The van der Waals surface area contributed by atoms with E-state index in [2.05, 4.69) is 10.6 Å². The lowest BCUT2D eigenvalue weighted by atomic mass is 10.2. The Morgan fingerprint density at radius 2 is 2.33 bits per heavy atom. The molecule has 21 heavy (non-hydrogen) atoms. The summed E-state index contributed by atoms with van der Waals surface area (Å²) in [6.07, 6.45) is 0. The van der Waals surface area contributed by atoms with Crippen molar-refractivity contribution in [2.45, 2.75) is 6.04 Å². The smallest absolute Gasteiger partial charge is 0.241 e. The van der Waals surface area contributed by atoms with Crippen LogP contribution in [0.3, 0.4) is 0 Å². The minimum absolute atomic E-state index is 0.0651. The number of likely N-dealkylation sites (N-methyl/N-ethyl adjacent to an activating group) is 1. The number of rotatable bonds is 5. The average molecular weight is 312 g/mol. The van der Waals surface area contributed by atoms with Crippen LogP contribution in [0.5, 0.6) is 5.75 Å². The molecule has 1 aliphatic rings. The Morgan fingerprint density at radius 3 is 3.00 bits per heavy atom. The second-order valence-corrected chi connectivity index (χ2v) is 5.24. The molecule has 6 nitrogen and oxygen atoms in total. The molecule has 114 valence electrons. The van der Waals surface area contributed by atoms with Gasteiger partial charge in [-0.3, -0.25) is 14.9 Å². The van der Waals surface area contributed by atoms with Gasteiger partial charge in [0.05, 0.1) is 13.1 Å². The molecule has 0 aromatic heterocycles. The lowest BCUT2D eigenvalue weighted by Gasteiger charge is -2.27. The molecular weight excluding hydrogens is 294 g/mol. The van der Waals surface area contributed by atoms with Crippen molar-refractivity contribution in [3.63, 3.8) is 0 Å². The highest BCUT2D eigenvalue weighted by molar-refractivity contribution is 6.30. The van der Waals surface area contributed by atoms with E-state index in [4.69, 9.17) is 16.3 Å². The largest absolute Gasteiger partial charge is 0.492 e. The lowest BCUT2D eigenvalue weighted by molar-refractivity contribution is -0.134. The highest BCUT2D eigenvalue weighted by Crippen LogP contribution is 2.16. The Bertz CT molecular complexity index is 514. The van der Waals surface area contributed by atoms with Gasteiger partial charge >= 0.3 is 0 Å². The van der Waals surface area contributed by atoms with Crippen molar-refractivity contribution < 1.29 is 14.3 Å². The molecular formula is C14H18ClN3O3. The number of ether oxygens (including phenoxy) is 1. The van der Waals surface area contributed by atoms with Gasteiger partial charge in [-0.2, -0.15) is 0 Å². The van der Waals surface area contributed by atoms with Crippen LogP contribution in [0.1, 0.15) is 0 Å². The molecule has 1 fully saturated rings. The molecule has 0 spiro atoms. The quantitative estimate of drug-likeness (QED) is 0.818. The molecule has 2 rings (SSSR count). The molecule has 1 unspecified atom stereocenters. The van der Waals surface area contributed by atoms with Crippen LogP contribution in [-0.4, -0.2) is 56.0 Å². The molecule has 0 aliphatic carbocycles. The van der Waals surface area contributed by atoms with E-state index in [1.807, 2.05) is 6.07 Å². The molecule has 1 aromatic carbocycles. The summed E-state index contributed by atoms with van der Waals surface area (Å²) < 4.78 is 5.54. The van der Waals surface area contributed by atoms with Crippen LogP contribution in [0.2, 0.25) is 5.02 Å². The number of hydrogen-bond donors (Lipinski definition) is 2. The first-order valence-corrected chi connectivity index (χ1v) is 7.07. The minimum Gasteiger partial charge on any atom is -0.492 e. The zero-order valence-corrected chi connectivity index (χ0v) is 12.5. The zero-order chi connectivity index (χ0) is 15.2. The highest BCUT2D eigenvalue weighted by atomic mass is 35.5. The van der Waals surface area contributed by atoms with Crippen LogP contribution >= 0.6 is 11.6 Å². The first-order valence-electron chi connectivity index (χ1n) is 6.69. The molecule has 1 heterocycles. The van der Waals surface area contributed by atoms with Gasteiger partial charge in [0.25, 0.3) is 0 Å². The van der Waals surface area contributed by atoms with E-state index < -0.39 is 0 Å². The van der Waals surface area contributed by atoms with E-state index in [-0.39, 0.29) is 24.4 Å². The van der Waals surface area contributed by atoms with Crippen molar-refractivity contribution in [3.8, 4) is 5.75 Å². The van der Waals surface area contributed by atoms with Crippen LogP contribution in [0, 0.1) is 0 Å². The summed E-state index contributed by atoms with van der Waals surface area (Å²) >= 11 is 5.86. The van der Waals surface area contributed by atoms with Gasteiger partial charge in [0.2, 0.25) is 11.8 Å². The van der Waals surface area contributed by atoms with Crippen molar-refractivity contribution in [3.05, 3.63) is 29.3 Å². The van der Waals surface area contributed by atoms with Crippen LogP contribution < -0.4 is 15.4 Å². The second-order valence-electron chi connectivity index (χ2n) is 4.80. The van der Waals surface area contributed by atoms with Crippen LogP contribution in [0.15, 0.2) is 24.3 Å². The van der Waals surface area contributed by atoms with E-state index in [0.717, 1.165) is 0 Å². The fraction of sp³-hybridized carbons (Fsp3) is 0.429. The standard InChI is InChI=1S/C14H18ClN3O3/c1-18(14(20)12-8-17-13(19)9-16-12)5-6-21-11-4-2-3-10(15)7-11/h2-4,7,12,16H,5-6,8-9H2,1H3,(H,17,19). The monoisotopic (exact) mass is 311 g/mol. The van der Waals surface area contributed by atoms with Gasteiger partial charge in [-0.15, -0.1) is 0 Å². The molecule has 2 amide bonds. The van der Waals surface area contributed by atoms with E-state index in [1.165, 1.54) is 0 Å². The Hall–Kier alpha value is -1.79. The minimum atomic E-state index is -0.376. The number of hydrogen-bond acceptors (Lipinski definition) is 4. The normalized spacial score (nSPS) is 18.0. The van der Waals surface area contributed by atoms with Gasteiger partial charge in [0.15, 0.2) is 0 Å². The fourth-order valence-electron chi connectivity index (χ4n) is 1.97. The molecule has 2 N–H and O–H groups in total. The molecule has 0 saturated carbocycles. The van der Waals surface area contributed by atoms with E-state index in [1.54, 1.807) is 30.1 Å². The third-order valence-electron chi connectivity index (χ3n) is 3.18. The van der Waals surface area contributed by atoms with E-state index >= 15 is 0 Å². The maximum atomic E-state index is 12.1. The van der Waals surface area contributed by atoms with Crippen molar-refractivity contribution in [2.24, 2.45) is 0 Å². The van der Waals surface area contributed by atoms with Gasteiger partial charge < -0.3 is 15.0 Å². The first kappa shape index (κ1) is 15.6. The molecule has 7 heteroatoms. The van der Waals surface area contributed by atoms with Gasteiger partial charge in [0, 0.05) is 18.6 Å². The van der Waals surface area contributed by atoms with Crippen molar-refractivity contribution in [1.29, 1.82) is 0 Å². The summed E-state index contributed by atoms with van der Waals surface area (Å²) in [4.78, 5) is 24.7. The lowest BCUT2D eigenvalue weighted by Crippen LogP contribution is -2.58. The topological polar surface area (TPSA) is 70.7 Å². The number of benzene rings is 1. The van der Waals surface area contributed by atoms with E-state index in [0.29, 0.717) is 30.5 Å². The summed E-state index contributed by atoms with van der Waals surface area (Å²) in [5, 5.41) is 6.18. The maximum Gasteiger partial charge on any atom is 0.241 e. The Labute approximate surface area is 128 Å². The van der Waals surface area contributed by atoms with Gasteiger partial charge in [-0.25, -0.2) is 0 Å². The zero-order valence-electron chi connectivity index (χ0n) is 11.8. The van der Waals surface area contributed by atoms with Crippen LogP contribution in [0.4, 0.5) is 0 Å². The molecule has 0 radical (unpaired) electrons. The van der Waals surface area contributed by atoms with Crippen LogP contribution in [0.25, 0.3) is 0 Å². The Kier molecular flexibility index (Phi) is 5.41. The van der Waals surface area contributed by atoms with Crippen molar-refractivity contribution in [2.75, 3.05) is 33.3 Å². The molecule has 1 aromatic rings. The summed E-state index contributed by atoms with van der Waals surface area (Å²) in [5.74, 6) is 0.516. The SMILES string of the molecule is CN(CCOc1cccc(Cl)c1)C(=O)C1CNC(=O)CN1. The van der Waals surface area contributed by atoms with Crippen molar-refractivity contribution >= 4 is 23.4 Å². The number of piperazine rings is 1. The summed E-state index contributed by atoms with van der Waals surface area (Å²) in [6, 6.07) is 6.74. The molecule has 1 atom stereocenters. The summed E-state index contributed by atoms with van der Waals surface area (Å²) in [6.45, 7) is 1.32. The number of halogens is 1.